The van der Waals surface area contributed by atoms with E-state index in [1.54, 1.807) is 12.0 Å². The fraction of sp³-hybridized carbons (Fsp3) is 0.679. The van der Waals surface area contributed by atoms with E-state index in [2.05, 4.69) is 5.32 Å². The number of nitrogens with two attached hydrogens (primary N) is 1. The van der Waals surface area contributed by atoms with E-state index in [9.17, 15) is 9.59 Å². The maximum atomic E-state index is 13.5. The smallest absolute Gasteiger partial charge is 0.231 e. The monoisotopic (exact) mass is 498 g/mol. The van der Waals surface area contributed by atoms with Crippen LogP contribution < -0.4 is 15.8 Å². The molecule has 8 nitrogen and oxygen atoms in total. The molecule has 3 aliphatic rings. The van der Waals surface area contributed by atoms with Gasteiger partial charge in [-0.1, -0.05) is 32.0 Å². The molecule has 2 aliphatic heterocycles. The normalized spacial score (nSPS) is 27.8. The van der Waals surface area contributed by atoms with Crippen LogP contribution in [0.1, 0.15) is 84.7 Å². The van der Waals surface area contributed by atoms with E-state index in [0.717, 1.165) is 24.2 Å². The number of nitrogens with zero attached hydrogens (tertiary/aromatic N) is 2. The molecular weight excluding hydrogens is 456 g/mol. The minimum atomic E-state index is -0.432. The predicted octanol–water partition coefficient (Wildman–Crippen LogP) is 3.94. The Kier molecular flexibility index (Phi) is 7.37. The highest BCUT2D eigenvalue weighted by atomic mass is 16.5. The lowest BCUT2D eigenvalue weighted by atomic mass is 9.87. The first-order valence-corrected chi connectivity index (χ1v) is 13.3. The molecule has 0 spiro atoms. The van der Waals surface area contributed by atoms with Crippen molar-refractivity contribution in [3.8, 4) is 5.75 Å². The number of methoxy groups -OCH3 is 1. The van der Waals surface area contributed by atoms with Crippen LogP contribution in [0.2, 0.25) is 0 Å². The zero-order chi connectivity index (χ0) is 26.3. The van der Waals surface area contributed by atoms with Gasteiger partial charge in [0.15, 0.2) is 5.96 Å². The first-order valence-electron chi connectivity index (χ1n) is 13.3. The van der Waals surface area contributed by atoms with Gasteiger partial charge in [0, 0.05) is 31.1 Å². The summed E-state index contributed by atoms with van der Waals surface area (Å²) in [6.07, 6.45) is 3.80. The molecule has 0 aromatic heterocycles. The molecule has 0 saturated heterocycles. The van der Waals surface area contributed by atoms with Crippen LogP contribution in [0.5, 0.6) is 5.75 Å². The summed E-state index contributed by atoms with van der Waals surface area (Å²) in [5.74, 6) is 0.932. The summed E-state index contributed by atoms with van der Waals surface area (Å²) in [5, 5.41) is 3.29. The number of carbonyl (C=O) groups is 2. The third kappa shape index (κ3) is 5.24. The lowest BCUT2D eigenvalue weighted by Gasteiger charge is -2.41. The van der Waals surface area contributed by atoms with E-state index < -0.39 is 5.54 Å². The topological polar surface area (TPSA) is 106 Å². The van der Waals surface area contributed by atoms with Crippen LogP contribution in [0.25, 0.3) is 0 Å². The minimum Gasteiger partial charge on any atom is -0.487 e. The summed E-state index contributed by atoms with van der Waals surface area (Å²) >= 11 is 0. The van der Waals surface area contributed by atoms with Crippen LogP contribution in [-0.4, -0.2) is 53.1 Å². The summed E-state index contributed by atoms with van der Waals surface area (Å²) in [5.41, 5.74) is 6.63. The predicted molar refractivity (Wildman–Crippen MR) is 140 cm³/mol. The second-order valence-corrected chi connectivity index (χ2v) is 11.4. The number of nitrogens with one attached hydrogen (secondary N) is 1. The van der Waals surface area contributed by atoms with E-state index in [1.807, 2.05) is 58.9 Å². The molecule has 3 unspecified atom stereocenters. The Bertz CT molecular complexity index is 1020. The van der Waals surface area contributed by atoms with Crippen molar-refractivity contribution in [2.45, 2.75) is 102 Å². The number of aliphatic imine (C=N–C) groups is 1. The van der Waals surface area contributed by atoms with Gasteiger partial charge >= 0.3 is 0 Å². The lowest BCUT2D eigenvalue weighted by molar-refractivity contribution is -0.133. The molecule has 4 rings (SSSR count). The van der Waals surface area contributed by atoms with E-state index in [1.165, 1.54) is 0 Å². The van der Waals surface area contributed by atoms with Crippen LogP contribution in [0.3, 0.4) is 0 Å². The van der Waals surface area contributed by atoms with E-state index in [-0.39, 0.29) is 53.4 Å². The van der Waals surface area contributed by atoms with Gasteiger partial charge in [0.1, 0.15) is 11.4 Å². The number of para-hydroxylation sites is 1. The quantitative estimate of drug-likeness (QED) is 0.536. The average Bonchev–Trinajstić information content (AvgIpc) is 3.63. The van der Waals surface area contributed by atoms with Gasteiger partial charge < -0.3 is 20.5 Å². The molecule has 1 aromatic rings. The summed E-state index contributed by atoms with van der Waals surface area (Å²) in [7, 11) is 1.66. The first-order chi connectivity index (χ1) is 17.0. The Balaban J connectivity index is 1.53. The molecule has 1 aliphatic carbocycles. The van der Waals surface area contributed by atoms with Gasteiger partial charge in [-0.05, 0) is 58.4 Å². The van der Waals surface area contributed by atoms with Crippen molar-refractivity contribution in [3.05, 3.63) is 29.8 Å². The molecule has 1 saturated carbocycles. The Morgan fingerprint density at radius 2 is 2.00 bits per heavy atom. The van der Waals surface area contributed by atoms with Crippen LogP contribution in [0.4, 0.5) is 0 Å². The number of carbonyl (C=O) groups excluding carboxylic acids is 2. The number of benzene rings is 1. The summed E-state index contributed by atoms with van der Waals surface area (Å²) in [4.78, 5) is 33.3. The van der Waals surface area contributed by atoms with Gasteiger partial charge in [-0.15, -0.1) is 0 Å². The van der Waals surface area contributed by atoms with Gasteiger partial charge in [-0.2, -0.15) is 0 Å². The van der Waals surface area contributed by atoms with Gasteiger partial charge in [0.05, 0.1) is 24.1 Å². The van der Waals surface area contributed by atoms with E-state index in [4.69, 9.17) is 20.2 Å². The highest BCUT2D eigenvalue weighted by molar-refractivity contribution is 5.99. The SMILES string of the molecule is CCC1(CC)CC(=O)N([C@H](CC(C)OC)C2CC2C(=O)N[C@H]2CC(C)(C)Oc3ccccc32)C(N)=N1. The molecule has 1 fully saturated rings. The van der Waals surface area contributed by atoms with Crippen molar-refractivity contribution in [2.24, 2.45) is 22.6 Å². The molecular formula is C28H42N4O4. The maximum absolute atomic E-state index is 13.5. The van der Waals surface area contributed by atoms with Gasteiger partial charge in [-0.25, -0.2) is 4.99 Å². The van der Waals surface area contributed by atoms with Crippen LogP contribution in [-0.2, 0) is 14.3 Å². The van der Waals surface area contributed by atoms with Crippen molar-refractivity contribution < 1.29 is 19.1 Å². The van der Waals surface area contributed by atoms with Gasteiger partial charge in [0.25, 0.3) is 0 Å². The summed E-state index contributed by atoms with van der Waals surface area (Å²) in [6.45, 7) is 10.2. The molecule has 198 valence electrons. The standard InChI is InChI=1S/C28H42N4O4/c1-7-28(8-2)16-24(33)32(26(29)31-28)22(13-17(3)35-6)19-14-20(19)25(34)30-21-15-27(4,5)36-23-12-10-9-11-18(21)23/h9-12,17,19-22H,7-8,13-16H2,1-6H3,(H2,29,31)(H,30,34)/t17?,19?,20?,21-,22+/m0/s1. The zero-order valence-corrected chi connectivity index (χ0v) is 22.5. The van der Waals surface area contributed by atoms with Crippen molar-refractivity contribution in [2.75, 3.05) is 7.11 Å². The number of hydrogen-bond donors (Lipinski definition) is 2. The Labute approximate surface area is 215 Å². The fourth-order valence-electron chi connectivity index (χ4n) is 5.90. The van der Waals surface area contributed by atoms with Crippen LogP contribution >= 0.6 is 0 Å². The van der Waals surface area contributed by atoms with Crippen molar-refractivity contribution in [1.29, 1.82) is 0 Å². The number of fused-ring (bicyclic) bond motifs is 1. The average molecular weight is 499 g/mol. The maximum Gasteiger partial charge on any atom is 0.231 e. The third-order valence-electron chi connectivity index (χ3n) is 8.33. The second kappa shape index (κ2) is 10.0. The fourth-order valence-corrected chi connectivity index (χ4v) is 5.90. The number of ether oxygens (including phenoxy) is 2. The first kappa shape index (κ1) is 26.5. The largest absolute Gasteiger partial charge is 0.487 e. The number of amides is 2. The molecule has 2 heterocycles. The van der Waals surface area contributed by atoms with Crippen molar-refractivity contribution >= 4 is 17.8 Å². The second-order valence-electron chi connectivity index (χ2n) is 11.4. The molecule has 2 amide bonds. The highest BCUT2D eigenvalue weighted by Gasteiger charge is 2.53. The molecule has 0 radical (unpaired) electrons. The Morgan fingerprint density at radius 1 is 1.31 bits per heavy atom. The molecule has 1 aromatic carbocycles. The van der Waals surface area contributed by atoms with Gasteiger partial charge in [0.2, 0.25) is 11.8 Å². The van der Waals surface area contributed by atoms with Crippen LogP contribution in [0.15, 0.2) is 29.3 Å². The summed E-state index contributed by atoms with van der Waals surface area (Å²) < 4.78 is 11.7. The number of rotatable bonds is 9. The lowest BCUT2D eigenvalue weighted by Crippen LogP contribution is -2.56. The molecule has 5 atom stereocenters. The van der Waals surface area contributed by atoms with Crippen molar-refractivity contribution in [3.63, 3.8) is 0 Å². The Hall–Kier alpha value is -2.61. The molecule has 8 heteroatoms. The molecule has 0 bridgehead atoms. The zero-order valence-electron chi connectivity index (χ0n) is 22.5. The molecule has 3 N–H and O–H groups in total. The molecule has 36 heavy (non-hydrogen) atoms. The minimum absolute atomic E-state index is 0.00864. The Morgan fingerprint density at radius 3 is 2.64 bits per heavy atom. The number of hydrogen-bond acceptors (Lipinski definition) is 6. The van der Waals surface area contributed by atoms with Gasteiger partial charge in [-0.3, -0.25) is 14.5 Å². The number of guanidine groups is 1. The highest BCUT2D eigenvalue weighted by Crippen LogP contribution is 2.47. The van der Waals surface area contributed by atoms with Crippen molar-refractivity contribution in [1.82, 2.24) is 10.2 Å². The van der Waals surface area contributed by atoms with E-state index >= 15 is 0 Å². The van der Waals surface area contributed by atoms with Crippen LogP contribution in [0, 0.1) is 11.8 Å². The third-order valence-corrected chi connectivity index (χ3v) is 8.33. The van der Waals surface area contributed by atoms with E-state index in [0.29, 0.717) is 25.7 Å². The summed E-state index contributed by atoms with van der Waals surface area (Å²) in [6, 6.07) is 7.54.